The molecule has 2 aromatic rings. The minimum atomic E-state index is 0.0388. The summed E-state index contributed by atoms with van der Waals surface area (Å²) in [5.74, 6) is 0.385. The molecule has 0 saturated heterocycles. The van der Waals surface area contributed by atoms with Gasteiger partial charge in [-0.3, -0.25) is 9.48 Å². The molecule has 5 nitrogen and oxygen atoms in total. The lowest BCUT2D eigenvalue weighted by Gasteiger charge is -2.11. The molecule has 1 aromatic heterocycles. The van der Waals surface area contributed by atoms with Crippen LogP contribution in [0.3, 0.4) is 0 Å². The van der Waals surface area contributed by atoms with Crippen molar-refractivity contribution in [2.75, 3.05) is 19.0 Å². The van der Waals surface area contributed by atoms with E-state index < -0.39 is 0 Å². The van der Waals surface area contributed by atoms with Gasteiger partial charge in [-0.2, -0.15) is 5.10 Å². The van der Waals surface area contributed by atoms with Gasteiger partial charge in [0.05, 0.1) is 25.0 Å². The Morgan fingerprint density at radius 2 is 2.13 bits per heavy atom. The second-order valence-electron chi connectivity index (χ2n) is 5.87. The fourth-order valence-corrected chi connectivity index (χ4v) is 2.42. The first-order valence-corrected chi connectivity index (χ1v) is 8.02. The molecule has 1 aromatic carbocycles. The number of aromatic nitrogens is 2. The second kappa shape index (κ2) is 9.10. The van der Waals surface area contributed by atoms with E-state index in [2.05, 4.69) is 29.5 Å². The molecule has 1 unspecified atom stereocenters. The topological polar surface area (TPSA) is 56.1 Å². The van der Waals surface area contributed by atoms with Gasteiger partial charge in [-0.05, 0) is 24.3 Å². The largest absolute Gasteiger partial charge is 0.383 e. The average molecular weight is 315 g/mol. The van der Waals surface area contributed by atoms with Gasteiger partial charge in [-0.25, -0.2) is 0 Å². The number of amides is 1. The van der Waals surface area contributed by atoms with Crippen LogP contribution in [0.25, 0.3) is 0 Å². The molecule has 0 saturated carbocycles. The Morgan fingerprint density at radius 1 is 1.35 bits per heavy atom. The molecule has 5 heteroatoms. The third-order valence-corrected chi connectivity index (χ3v) is 3.74. The van der Waals surface area contributed by atoms with Crippen molar-refractivity contribution in [2.24, 2.45) is 5.92 Å². The number of nitrogens with zero attached hydrogens (tertiary/aromatic N) is 2. The zero-order valence-corrected chi connectivity index (χ0v) is 13.9. The third kappa shape index (κ3) is 6.24. The Balaban J connectivity index is 1.72. The van der Waals surface area contributed by atoms with Gasteiger partial charge < -0.3 is 10.1 Å². The quantitative estimate of drug-likeness (QED) is 0.773. The molecule has 1 heterocycles. The Kier molecular flexibility index (Phi) is 6.81. The van der Waals surface area contributed by atoms with Crippen molar-refractivity contribution >= 4 is 11.6 Å². The van der Waals surface area contributed by atoms with Crippen molar-refractivity contribution in [3.8, 4) is 0 Å². The minimum absolute atomic E-state index is 0.0388. The summed E-state index contributed by atoms with van der Waals surface area (Å²) >= 11 is 0. The highest BCUT2D eigenvalue weighted by molar-refractivity contribution is 5.90. The number of carbonyl (C=O) groups is 1. The number of methoxy groups -OCH3 is 1. The van der Waals surface area contributed by atoms with Crippen LogP contribution >= 0.6 is 0 Å². The van der Waals surface area contributed by atoms with Crippen molar-refractivity contribution in [1.82, 2.24) is 9.78 Å². The summed E-state index contributed by atoms with van der Waals surface area (Å²) in [5.41, 5.74) is 2.06. The van der Waals surface area contributed by atoms with Crippen LogP contribution in [0, 0.1) is 5.92 Å². The van der Waals surface area contributed by atoms with Gasteiger partial charge in [0.2, 0.25) is 5.91 Å². The lowest BCUT2D eigenvalue weighted by Crippen LogP contribution is -2.15. The molecule has 1 atom stereocenters. The molecule has 0 aliphatic heterocycles. The third-order valence-electron chi connectivity index (χ3n) is 3.74. The fraction of sp³-hybridized carbons (Fsp3) is 0.444. The van der Waals surface area contributed by atoms with Gasteiger partial charge in [0, 0.05) is 19.7 Å². The molecule has 0 aliphatic carbocycles. The molecule has 0 radical (unpaired) electrons. The van der Waals surface area contributed by atoms with Gasteiger partial charge >= 0.3 is 0 Å². The van der Waals surface area contributed by atoms with Gasteiger partial charge in [0.25, 0.3) is 0 Å². The van der Waals surface area contributed by atoms with Crippen LogP contribution in [-0.4, -0.2) is 29.4 Å². The molecule has 23 heavy (non-hydrogen) atoms. The van der Waals surface area contributed by atoms with Crippen LogP contribution in [0.2, 0.25) is 0 Å². The summed E-state index contributed by atoms with van der Waals surface area (Å²) < 4.78 is 6.77. The lowest BCUT2D eigenvalue weighted by molar-refractivity contribution is -0.117. The monoisotopic (exact) mass is 315 g/mol. The summed E-state index contributed by atoms with van der Waals surface area (Å²) in [5, 5.41) is 7.09. The van der Waals surface area contributed by atoms with E-state index >= 15 is 0 Å². The van der Waals surface area contributed by atoms with Crippen molar-refractivity contribution in [3.63, 3.8) is 0 Å². The number of rotatable bonds is 9. The molecular formula is C18H25N3O2. The van der Waals surface area contributed by atoms with E-state index in [1.165, 1.54) is 5.56 Å². The number of carbonyl (C=O) groups excluding carboxylic acids is 1. The normalized spacial score (nSPS) is 12.1. The number of anilines is 1. The number of aryl methyl sites for hydroxylation is 1. The highest BCUT2D eigenvalue weighted by Gasteiger charge is 2.10. The molecule has 0 fully saturated rings. The zero-order chi connectivity index (χ0) is 16.5. The predicted octanol–water partition coefficient (Wildman–Crippen LogP) is 3.13. The summed E-state index contributed by atoms with van der Waals surface area (Å²) in [4.78, 5) is 12.1. The maximum atomic E-state index is 12.1. The van der Waals surface area contributed by atoms with Gasteiger partial charge in [0.15, 0.2) is 0 Å². The van der Waals surface area contributed by atoms with E-state index in [1.54, 1.807) is 18.0 Å². The number of hydrogen-bond acceptors (Lipinski definition) is 3. The molecule has 2 rings (SSSR count). The fourth-order valence-electron chi connectivity index (χ4n) is 2.42. The first kappa shape index (κ1) is 17.2. The Labute approximate surface area is 137 Å². The molecule has 0 spiro atoms. The van der Waals surface area contributed by atoms with Crippen LogP contribution in [0.15, 0.2) is 42.7 Å². The molecule has 0 bridgehead atoms. The number of nitrogens with one attached hydrogen (secondary N) is 1. The van der Waals surface area contributed by atoms with Crippen molar-refractivity contribution in [2.45, 2.75) is 32.7 Å². The predicted molar refractivity (Wildman–Crippen MR) is 91.3 cm³/mol. The van der Waals surface area contributed by atoms with E-state index in [1.807, 2.05) is 24.4 Å². The summed E-state index contributed by atoms with van der Waals surface area (Å²) in [7, 11) is 1.66. The van der Waals surface area contributed by atoms with Crippen LogP contribution in [-0.2, 0) is 22.5 Å². The Bertz CT molecular complexity index is 595. The minimum Gasteiger partial charge on any atom is -0.383 e. The first-order chi connectivity index (χ1) is 11.2. The zero-order valence-electron chi connectivity index (χ0n) is 13.9. The Hall–Kier alpha value is -2.14. The molecule has 0 aliphatic rings. The van der Waals surface area contributed by atoms with Gasteiger partial charge in [0.1, 0.15) is 0 Å². The second-order valence-corrected chi connectivity index (χ2v) is 5.87. The molecule has 1 N–H and O–H groups in total. The summed E-state index contributed by atoms with van der Waals surface area (Å²) in [6, 6.07) is 10.4. The molecular weight excluding hydrogens is 290 g/mol. The standard InChI is InChI=1S/C18H25N3O2/c1-15(8-9-16-6-4-3-5-7-16)12-18(22)20-17-13-19-21(14-17)10-11-23-2/h3-7,13-15H,8-12H2,1-2H3,(H,20,22). The smallest absolute Gasteiger partial charge is 0.224 e. The van der Waals surface area contributed by atoms with E-state index in [0.29, 0.717) is 25.5 Å². The van der Waals surface area contributed by atoms with Crippen molar-refractivity contribution in [1.29, 1.82) is 0 Å². The number of hydrogen-bond donors (Lipinski definition) is 1. The van der Waals surface area contributed by atoms with Crippen LogP contribution < -0.4 is 5.32 Å². The maximum Gasteiger partial charge on any atom is 0.224 e. The SMILES string of the molecule is COCCn1cc(NC(=O)CC(C)CCc2ccccc2)cn1. The molecule has 1 amide bonds. The van der Waals surface area contributed by atoms with E-state index in [-0.39, 0.29) is 5.91 Å². The van der Waals surface area contributed by atoms with Crippen molar-refractivity contribution < 1.29 is 9.53 Å². The van der Waals surface area contributed by atoms with E-state index in [0.717, 1.165) is 18.5 Å². The van der Waals surface area contributed by atoms with Gasteiger partial charge in [-0.15, -0.1) is 0 Å². The van der Waals surface area contributed by atoms with E-state index in [4.69, 9.17) is 4.74 Å². The lowest BCUT2D eigenvalue weighted by atomic mass is 9.98. The van der Waals surface area contributed by atoms with E-state index in [9.17, 15) is 4.79 Å². The number of ether oxygens (including phenoxy) is 1. The van der Waals surface area contributed by atoms with Crippen LogP contribution in [0.1, 0.15) is 25.3 Å². The van der Waals surface area contributed by atoms with Crippen LogP contribution in [0.5, 0.6) is 0 Å². The molecule has 124 valence electrons. The van der Waals surface area contributed by atoms with Gasteiger partial charge in [-0.1, -0.05) is 37.3 Å². The number of benzene rings is 1. The first-order valence-electron chi connectivity index (χ1n) is 8.02. The highest BCUT2D eigenvalue weighted by atomic mass is 16.5. The maximum absolute atomic E-state index is 12.1. The van der Waals surface area contributed by atoms with Crippen molar-refractivity contribution in [3.05, 3.63) is 48.3 Å². The summed E-state index contributed by atoms with van der Waals surface area (Å²) in [6.07, 6.45) is 6.03. The highest BCUT2D eigenvalue weighted by Crippen LogP contribution is 2.14. The van der Waals surface area contributed by atoms with Crippen LogP contribution in [0.4, 0.5) is 5.69 Å². The average Bonchev–Trinajstić information content (AvgIpc) is 2.99. The Morgan fingerprint density at radius 3 is 2.87 bits per heavy atom. The summed E-state index contributed by atoms with van der Waals surface area (Å²) in [6.45, 7) is 3.40.